The van der Waals surface area contributed by atoms with Gasteiger partial charge in [-0.25, -0.2) is 0 Å². The Balaban J connectivity index is 2.28. The van der Waals surface area contributed by atoms with Gasteiger partial charge in [0.1, 0.15) is 5.75 Å². The average molecular weight is 255 g/mol. The Hall–Kier alpha value is -1.80. The minimum Gasteiger partial charge on any atom is -0.496 e. The molecule has 100 valence electrons. The number of rotatable bonds is 4. The zero-order valence-corrected chi connectivity index (χ0v) is 11.8. The quantitative estimate of drug-likeness (QED) is 0.906. The van der Waals surface area contributed by atoms with Crippen LogP contribution >= 0.6 is 0 Å². The van der Waals surface area contributed by atoms with E-state index < -0.39 is 0 Å². The van der Waals surface area contributed by atoms with Crippen LogP contribution in [-0.2, 0) is 6.42 Å². The lowest BCUT2D eigenvalue weighted by molar-refractivity contribution is 0.405. The third-order valence-corrected chi connectivity index (χ3v) is 3.61. The molecule has 2 N–H and O–H groups in total. The Morgan fingerprint density at radius 2 is 1.63 bits per heavy atom. The highest BCUT2D eigenvalue weighted by Crippen LogP contribution is 2.27. The zero-order valence-electron chi connectivity index (χ0n) is 11.8. The summed E-state index contributed by atoms with van der Waals surface area (Å²) in [6.07, 6.45) is 0.832. The van der Waals surface area contributed by atoms with Crippen molar-refractivity contribution in [2.24, 2.45) is 5.73 Å². The van der Waals surface area contributed by atoms with Gasteiger partial charge in [0, 0.05) is 11.6 Å². The molecular weight excluding hydrogens is 234 g/mol. The van der Waals surface area contributed by atoms with Gasteiger partial charge in [-0.1, -0.05) is 36.4 Å². The van der Waals surface area contributed by atoms with Crippen LogP contribution in [0.1, 0.15) is 28.3 Å². The Morgan fingerprint density at radius 1 is 1.00 bits per heavy atom. The van der Waals surface area contributed by atoms with Gasteiger partial charge in [0.2, 0.25) is 0 Å². The summed E-state index contributed by atoms with van der Waals surface area (Å²) in [5.74, 6) is 0.862. The van der Waals surface area contributed by atoms with Crippen molar-refractivity contribution in [3.05, 3.63) is 64.7 Å². The van der Waals surface area contributed by atoms with Gasteiger partial charge in [-0.05, 0) is 43.0 Å². The standard InChI is InChI=1S/C17H21NO/c1-12-7-6-8-13(2)15(12)11-16(18)14-9-4-5-10-17(14)19-3/h4-10,16H,11,18H2,1-3H3. The van der Waals surface area contributed by atoms with E-state index in [2.05, 4.69) is 32.0 Å². The van der Waals surface area contributed by atoms with E-state index in [-0.39, 0.29) is 6.04 Å². The highest BCUT2D eigenvalue weighted by atomic mass is 16.5. The molecule has 2 aromatic carbocycles. The second kappa shape index (κ2) is 5.89. The lowest BCUT2D eigenvalue weighted by atomic mass is 9.93. The van der Waals surface area contributed by atoms with Crippen LogP contribution < -0.4 is 10.5 Å². The van der Waals surface area contributed by atoms with Crippen LogP contribution in [0.5, 0.6) is 5.75 Å². The van der Waals surface area contributed by atoms with Gasteiger partial charge >= 0.3 is 0 Å². The number of hydrogen-bond acceptors (Lipinski definition) is 2. The van der Waals surface area contributed by atoms with Crippen molar-refractivity contribution in [1.29, 1.82) is 0 Å². The van der Waals surface area contributed by atoms with E-state index in [1.165, 1.54) is 16.7 Å². The predicted molar refractivity (Wildman–Crippen MR) is 79.5 cm³/mol. The summed E-state index contributed by atoms with van der Waals surface area (Å²) in [4.78, 5) is 0. The maximum Gasteiger partial charge on any atom is 0.123 e. The van der Waals surface area contributed by atoms with Gasteiger partial charge in [-0.3, -0.25) is 0 Å². The fourth-order valence-electron chi connectivity index (χ4n) is 2.47. The molecule has 2 nitrogen and oxygen atoms in total. The molecule has 0 saturated heterocycles. The van der Waals surface area contributed by atoms with Crippen molar-refractivity contribution in [3.63, 3.8) is 0 Å². The van der Waals surface area contributed by atoms with Crippen LogP contribution in [0.15, 0.2) is 42.5 Å². The minimum atomic E-state index is -0.0454. The first-order chi connectivity index (χ1) is 9.13. The van der Waals surface area contributed by atoms with E-state index >= 15 is 0 Å². The molecular formula is C17H21NO. The Kier molecular flexibility index (Phi) is 4.23. The summed E-state index contributed by atoms with van der Waals surface area (Å²) in [6.45, 7) is 4.27. The predicted octanol–water partition coefficient (Wildman–Crippen LogP) is 3.55. The molecule has 0 aliphatic carbocycles. The number of methoxy groups -OCH3 is 1. The third-order valence-electron chi connectivity index (χ3n) is 3.61. The number of hydrogen-bond donors (Lipinski definition) is 1. The lowest BCUT2D eigenvalue weighted by Gasteiger charge is -2.18. The third kappa shape index (κ3) is 2.96. The Morgan fingerprint density at radius 3 is 2.26 bits per heavy atom. The summed E-state index contributed by atoms with van der Waals surface area (Å²) in [7, 11) is 1.69. The highest BCUT2D eigenvalue weighted by Gasteiger charge is 2.14. The smallest absolute Gasteiger partial charge is 0.123 e. The van der Waals surface area contributed by atoms with Gasteiger partial charge in [-0.2, -0.15) is 0 Å². The second-order valence-electron chi connectivity index (χ2n) is 4.92. The van der Waals surface area contributed by atoms with E-state index in [0.717, 1.165) is 17.7 Å². The molecule has 0 saturated carbocycles. The number of benzene rings is 2. The fourth-order valence-corrected chi connectivity index (χ4v) is 2.47. The van der Waals surface area contributed by atoms with Crippen LogP contribution in [0.4, 0.5) is 0 Å². The van der Waals surface area contributed by atoms with Crippen LogP contribution in [0.25, 0.3) is 0 Å². The van der Waals surface area contributed by atoms with Gasteiger partial charge in [0.25, 0.3) is 0 Å². The molecule has 0 radical (unpaired) electrons. The normalized spacial score (nSPS) is 12.2. The van der Waals surface area contributed by atoms with Crippen LogP contribution in [0, 0.1) is 13.8 Å². The minimum absolute atomic E-state index is 0.0454. The maximum atomic E-state index is 6.36. The van der Waals surface area contributed by atoms with Crippen molar-refractivity contribution < 1.29 is 4.74 Å². The topological polar surface area (TPSA) is 35.2 Å². The summed E-state index contributed by atoms with van der Waals surface area (Å²) in [6, 6.07) is 14.3. The molecule has 1 unspecified atom stereocenters. The summed E-state index contributed by atoms with van der Waals surface area (Å²) >= 11 is 0. The van der Waals surface area contributed by atoms with Gasteiger partial charge in [0.05, 0.1) is 7.11 Å². The van der Waals surface area contributed by atoms with Crippen LogP contribution in [0.2, 0.25) is 0 Å². The van der Waals surface area contributed by atoms with Crippen LogP contribution in [0.3, 0.4) is 0 Å². The van der Waals surface area contributed by atoms with Crippen molar-refractivity contribution in [1.82, 2.24) is 0 Å². The number of nitrogens with two attached hydrogens (primary N) is 1. The first-order valence-corrected chi connectivity index (χ1v) is 6.57. The first kappa shape index (κ1) is 13.6. The molecule has 0 fully saturated rings. The second-order valence-corrected chi connectivity index (χ2v) is 4.92. The van der Waals surface area contributed by atoms with E-state index in [4.69, 9.17) is 10.5 Å². The molecule has 2 heteroatoms. The Bertz CT molecular complexity index is 543. The number of para-hydroxylation sites is 1. The molecule has 0 heterocycles. The van der Waals surface area contributed by atoms with E-state index in [0.29, 0.717) is 0 Å². The van der Waals surface area contributed by atoms with Crippen molar-refractivity contribution >= 4 is 0 Å². The van der Waals surface area contributed by atoms with Gasteiger partial charge in [0.15, 0.2) is 0 Å². The highest BCUT2D eigenvalue weighted by molar-refractivity contribution is 5.39. The molecule has 19 heavy (non-hydrogen) atoms. The largest absolute Gasteiger partial charge is 0.496 e. The van der Waals surface area contributed by atoms with E-state index in [1.54, 1.807) is 7.11 Å². The summed E-state index contributed by atoms with van der Waals surface area (Å²) in [5.41, 5.74) is 11.4. The first-order valence-electron chi connectivity index (χ1n) is 6.57. The number of ether oxygens (including phenoxy) is 1. The maximum absolute atomic E-state index is 6.36. The monoisotopic (exact) mass is 255 g/mol. The van der Waals surface area contributed by atoms with Crippen molar-refractivity contribution in [2.45, 2.75) is 26.3 Å². The van der Waals surface area contributed by atoms with Crippen molar-refractivity contribution in [2.75, 3.05) is 7.11 Å². The van der Waals surface area contributed by atoms with Gasteiger partial charge in [-0.15, -0.1) is 0 Å². The molecule has 0 amide bonds. The fraction of sp³-hybridized carbons (Fsp3) is 0.294. The molecule has 1 atom stereocenters. The lowest BCUT2D eigenvalue weighted by Crippen LogP contribution is -2.15. The SMILES string of the molecule is COc1ccccc1C(N)Cc1c(C)cccc1C. The molecule has 0 aliphatic rings. The average Bonchev–Trinajstić information content (AvgIpc) is 2.42. The molecule has 2 rings (SSSR count). The zero-order chi connectivity index (χ0) is 13.8. The van der Waals surface area contributed by atoms with E-state index in [1.807, 2.05) is 24.3 Å². The Labute approximate surface area is 115 Å². The number of aryl methyl sites for hydroxylation is 2. The van der Waals surface area contributed by atoms with Crippen molar-refractivity contribution in [3.8, 4) is 5.75 Å². The van der Waals surface area contributed by atoms with E-state index in [9.17, 15) is 0 Å². The summed E-state index contributed by atoms with van der Waals surface area (Å²) < 4.78 is 5.38. The van der Waals surface area contributed by atoms with Gasteiger partial charge < -0.3 is 10.5 Å². The summed E-state index contributed by atoms with van der Waals surface area (Å²) in [5, 5.41) is 0. The molecule has 0 aromatic heterocycles. The molecule has 0 spiro atoms. The molecule has 2 aromatic rings. The van der Waals surface area contributed by atoms with Crippen LogP contribution in [-0.4, -0.2) is 7.11 Å². The molecule has 0 bridgehead atoms. The molecule has 0 aliphatic heterocycles.